The average molecular weight is 451 g/mol. The Kier molecular flexibility index (Phi) is 5.12. The number of rotatable bonds is 5. The Bertz CT molecular complexity index is 1210. The van der Waals surface area contributed by atoms with Crippen molar-refractivity contribution in [1.29, 1.82) is 0 Å². The van der Waals surface area contributed by atoms with Crippen LogP contribution in [-0.4, -0.2) is 39.0 Å². The molecular formula is C25H23F2N3O3. The van der Waals surface area contributed by atoms with Crippen molar-refractivity contribution in [2.75, 3.05) is 6.54 Å². The van der Waals surface area contributed by atoms with Crippen molar-refractivity contribution >= 4 is 5.91 Å². The number of alkyl halides is 2. The molecule has 1 saturated heterocycles. The summed E-state index contributed by atoms with van der Waals surface area (Å²) in [7, 11) is 0. The second-order valence-electron chi connectivity index (χ2n) is 8.91. The zero-order valence-electron chi connectivity index (χ0n) is 18.2. The predicted molar refractivity (Wildman–Crippen MR) is 117 cm³/mol. The molecule has 5 rings (SSSR count). The molecule has 3 heterocycles. The fourth-order valence-corrected chi connectivity index (χ4v) is 4.85. The average Bonchev–Trinajstić information content (AvgIpc) is 3.33. The van der Waals surface area contributed by atoms with Gasteiger partial charge in [-0.1, -0.05) is 24.3 Å². The quantitative estimate of drug-likeness (QED) is 0.611. The molecule has 0 radical (unpaired) electrons. The summed E-state index contributed by atoms with van der Waals surface area (Å²) in [5, 5.41) is 10.1. The number of aromatic nitrogens is 2. The molecule has 1 amide bonds. The lowest BCUT2D eigenvalue weighted by atomic mass is 9.86. The molecule has 2 aliphatic rings. The molecule has 33 heavy (non-hydrogen) atoms. The van der Waals surface area contributed by atoms with Crippen LogP contribution < -0.4 is 4.74 Å². The van der Waals surface area contributed by atoms with Crippen molar-refractivity contribution in [2.45, 2.75) is 44.4 Å². The van der Waals surface area contributed by atoms with Gasteiger partial charge < -0.3 is 14.7 Å². The van der Waals surface area contributed by atoms with E-state index in [1.54, 1.807) is 56.6 Å². The number of ether oxygens (including phenoxy) is 1. The maximum atomic E-state index is 13.0. The number of para-hydroxylation sites is 1. The zero-order chi connectivity index (χ0) is 23.3. The van der Waals surface area contributed by atoms with Crippen molar-refractivity contribution in [1.82, 2.24) is 14.9 Å². The second kappa shape index (κ2) is 7.88. The molecule has 8 heteroatoms. The minimum atomic E-state index is -2.92. The maximum absolute atomic E-state index is 13.0. The lowest BCUT2D eigenvalue weighted by Crippen LogP contribution is -2.23. The van der Waals surface area contributed by atoms with Gasteiger partial charge in [0.15, 0.2) is 5.82 Å². The molecule has 2 aromatic carbocycles. The van der Waals surface area contributed by atoms with E-state index in [2.05, 4.69) is 9.97 Å². The second-order valence-corrected chi connectivity index (χ2v) is 8.91. The monoisotopic (exact) mass is 451 g/mol. The summed E-state index contributed by atoms with van der Waals surface area (Å²) < 4.78 is 30.7. The summed E-state index contributed by atoms with van der Waals surface area (Å²) in [4.78, 5) is 23.4. The minimum Gasteiger partial charge on any atom is -0.435 e. The molecular weight excluding hydrogens is 428 g/mol. The van der Waals surface area contributed by atoms with Gasteiger partial charge in [-0.05, 0) is 55.2 Å². The number of benzene rings is 2. The van der Waals surface area contributed by atoms with Crippen LogP contribution in [0, 0.1) is 0 Å². The third-order valence-electron chi connectivity index (χ3n) is 6.33. The first-order valence-electron chi connectivity index (χ1n) is 10.8. The van der Waals surface area contributed by atoms with Crippen LogP contribution in [0.1, 0.15) is 59.5 Å². The third-order valence-corrected chi connectivity index (χ3v) is 6.33. The number of hydrogen-bond donors (Lipinski definition) is 1. The molecule has 0 spiro atoms. The van der Waals surface area contributed by atoms with Crippen molar-refractivity contribution in [3.05, 3.63) is 77.4 Å². The summed E-state index contributed by atoms with van der Waals surface area (Å²) in [5.74, 6) is 0.256. The molecule has 2 aliphatic heterocycles. The molecule has 3 aromatic rings. The van der Waals surface area contributed by atoms with Crippen molar-refractivity contribution in [2.24, 2.45) is 0 Å². The Morgan fingerprint density at radius 3 is 2.52 bits per heavy atom. The molecule has 2 atom stereocenters. The standard InChI is InChI=1S/C25H23F2N3O3/c1-25(2,32)23-28-12-15(13-29-23)14-7-8-18-19(11-14)21-17(9-10-30(21)22(18)31)16-5-3-4-6-20(16)33-24(26)27/h3-8,11-13,17,21,24,32H,9-10H2,1-2H3/t17-,21-/m1/s1. The van der Waals surface area contributed by atoms with Gasteiger partial charge in [-0.25, -0.2) is 9.97 Å². The minimum absolute atomic E-state index is 0.0510. The molecule has 0 saturated carbocycles. The van der Waals surface area contributed by atoms with Crippen LogP contribution in [-0.2, 0) is 5.60 Å². The first-order chi connectivity index (χ1) is 15.7. The molecule has 1 N–H and O–H groups in total. The Balaban J connectivity index is 1.53. The Morgan fingerprint density at radius 2 is 1.82 bits per heavy atom. The van der Waals surface area contributed by atoms with Gasteiger partial charge in [0.1, 0.15) is 11.4 Å². The zero-order valence-corrected chi connectivity index (χ0v) is 18.2. The molecule has 0 unspecified atom stereocenters. The van der Waals surface area contributed by atoms with E-state index in [0.717, 1.165) is 16.7 Å². The van der Waals surface area contributed by atoms with E-state index in [9.17, 15) is 18.7 Å². The number of carbonyl (C=O) groups is 1. The van der Waals surface area contributed by atoms with E-state index in [1.165, 1.54) is 0 Å². The van der Waals surface area contributed by atoms with Gasteiger partial charge in [0, 0.05) is 36.0 Å². The van der Waals surface area contributed by atoms with Gasteiger partial charge in [0.05, 0.1) is 6.04 Å². The summed E-state index contributed by atoms with van der Waals surface area (Å²) >= 11 is 0. The highest BCUT2D eigenvalue weighted by molar-refractivity contribution is 6.00. The molecule has 0 aliphatic carbocycles. The topological polar surface area (TPSA) is 75.6 Å². The summed E-state index contributed by atoms with van der Waals surface area (Å²) in [5.41, 5.74) is 2.61. The number of amides is 1. The van der Waals surface area contributed by atoms with Gasteiger partial charge in [-0.3, -0.25) is 4.79 Å². The fraction of sp³-hybridized carbons (Fsp3) is 0.320. The van der Waals surface area contributed by atoms with E-state index in [1.807, 2.05) is 17.0 Å². The summed E-state index contributed by atoms with van der Waals surface area (Å²) in [6.45, 7) is 0.866. The van der Waals surface area contributed by atoms with E-state index < -0.39 is 12.2 Å². The number of aliphatic hydroxyl groups is 1. The van der Waals surface area contributed by atoms with Crippen LogP contribution >= 0.6 is 0 Å². The molecule has 1 aromatic heterocycles. The molecule has 1 fully saturated rings. The van der Waals surface area contributed by atoms with Crippen LogP contribution in [0.3, 0.4) is 0 Å². The van der Waals surface area contributed by atoms with E-state index in [-0.39, 0.29) is 23.6 Å². The predicted octanol–water partition coefficient (Wildman–Crippen LogP) is 4.66. The fourth-order valence-electron chi connectivity index (χ4n) is 4.85. The van der Waals surface area contributed by atoms with Crippen molar-refractivity contribution < 1.29 is 23.4 Å². The number of carbonyl (C=O) groups excluding carboxylic acids is 1. The lowest BCUT2D eigenvalue weighted by Gasteiger charge is -2.24. The van der Waals surface area contributed by atoms with Gasteiger partial charge in [-0.15, -0.1) is 0 Å². The molecule has 170 valence electrons. The van der Waals surface area contributed by atoms with Crippen LogP contribution in [0.2, 0.25) is 0 Å². The SMILES string of the molecule is CC(C)(O)c1ncc(-c2ccc3c(c2)[C@H]2[C@@H](c4ccccc4OC(F)F)CCN2C3=O)cn1. The first kappa shape index (κ1) is 21.5. The van der Waals surface area contributed by atoms with Crippen LogP contribution in [0.5, 0.6) is 5.75 Å². The Hall–Kier alpha value is -3.39. The maximum Gasteiger partial charge on any atom is 0.387 e. The van der Waals surface area contributed by atoms with Crippen LogP contribution in [0.15, 0.2) is 54.9 Å². The van der Waals surface area contributed by atoms with Crippen LogP contribution in [0.25, 0.3) is 11.1 Å². The van der Waals surface area contributed by atoms with E-state index >= 15 is 0 Å². The largest absolute Gasteiger partial charge is 0.435 e. The van der Waals surface area contributed by atoms with E-state index in [4.69, 9.17) is 4.74 Å². The van der Waals surface area contributed by atoms with E-state index in [0.29, 0.717) is 29.9 Å². The normalized spacial score (nSPS) is 19.7. The highest BCUT2D eigenvalue weighted by Gasteiger charge is 2.46. The lowest BCUT2D eigenvalue weighted by molar-refractivity contribution is -0.0507. The van der Waals surface area contributed by atoms with Gasteiger partial charge in [-0.2, -0.15) is 8.78 Å². The number of nitrogens with zero attached hydrogens (tertiary/aromatic N) is 3. The van der Waals surface area contributed by atoms with Gasteiger partial charge >= 0.3 is 6.61 Å². The number of halogens is 2. The third kappa shape index (κ3) is 3.74. The van der Waals surface area contributed by atoms with Crippen LogP contribution in [0.4, 0.5) is 8.78 Å². The summed E-state index contributed by atoms with van der Waals surface area (Å²) in [6, 6.07) is 12.1. The van der Waals surface area contributed by atoms with Crippen molar-refractivity contribution in [3.63, 3.8) is 0 Å². The van der Waals surface area contributed by atoms with Gasteiger partial charge in [0.2, 0.25) is 0 Å². The van der Waals surface area contributed by atoms with Crippen molar-refractivity contribution in [3.8, 4) is 16.9 Å². The number of fused-ring (bicyclic) bond motifs is 3. The number of hydrogen-bond acceptors (Lipinski definition) is 5. The molecule has 6 nitrogen and oxygen atoms in total. The molecule has 0 bridgehead atoms. The highest BCUT2D eigenvalue weighted by atomic mass is 19.3. The highest BCUT2D eigenvalue weighted by Crippen LogP contribution is 2.51. The first-order valence-corrected chi connectivity index (χ1v) is 10.8. The Labute approximate surface area is 189 Å². The Morgan fingerprint density at radius 1 is 1.09 bits per heavy atom. The summed E-state index contributed by atoms with van der Waals surface area (Å²) in [6.07, 6.45) is 3.95. The van der Waals surface area contributed by atoms with Gasteiger partial charge in [0.25, 0.3) is 5.91 Å². The smallest absolute Gasteiger partial charge is 0.387 e.